The van der Waals surface area contributed by atoms with E-state index in [0.717, 1.165) is 39.1 Å². The number of fused-ring (bicyclic) bond motifs is 4. The molecular weight excluding hydrogens is 574 g/mol. The van der Waals surface area contributed by atoms with Gasteiger partial charge in [0.1, 0.15) is 11.9 Å². The lowest BCUT2D eigenvalue weighted by molar-refractivity contribution is 0.269. The molecule has 47 heavy (non-hydrogen) atoms. The molecule has 0 N–H and O–H groups in total. The Bertz CT molecular complexity index is 2260. The number of nitrogens with zero attached hydrogens (tertiary/aromatic N) is 3. The minimum absolute atomic E-state index is 0.0528. The van der Waals surface area contributed by atoms with Crippen LogP contribution < -0.4 is 4.74 Å². The van der Waals surface area contributed by atoms with E-state index in [1.807, 2.05) is 60.7 Å². The van der Waals surface area contributed by atoms with Gasteiger partial charge >= 0.3 is 0 Å². The van der Waals surface area contributed by atoms with Gasteiger partial charge in [0.15, 0.2) is 17.5 Å². The lowest BCUT2D eigenvalue weighted by Crippen LogP contribution is -2.16. The summed E-state index contributed by atoms with van der Waals surface area (Å²) in [6.45, 7) is 0. The Labute approximate surface area is 273 Å². The van der Waals surface area contributed by atoms with Crippen LogP contribution in [0, 0.1) is 0 Å². The summed E-state index contributed by atoms with van der Waals surface area (Å²) in [5.74, 6) is 2.83. The van der Waals surface area contributed by atoms with Gasteiger partial charge in [-0.05, 0) is 51.2 Å². The highest BCUT2D eigenvalue weighted by Crippen LogP contribution is 2.49. The van der Waals surface area contributed by atoms with Crippen molar-refractivity contribution in [3.05, 3.63) is 169 Å². The first-order chi connectivity index (χ1) is 23.3. The first kappa shape index (κ1) is 27.2. The van der Waals surface area contributed by atoms with Crippen molar-refractivity contribution in [3.8, 4) is 62.2 Å². The molecule has 1 aliphatic heterocycles. The zero-order valence-electron chi connectivity index (χ0n) is 25.5. The SMILES string of the molecule is C1=CC2Oc3ccc(-c4ccc(-c5cccc6ccccc56)cc4)c(-c4nc(-c5ccccc5)nc(-c5ccccc5)n4)c3C2C=C1. The molecule has 9 rings (SSSR count). The average Bonchev–Trinajstić information content (AvgIpc) is 3.54. The Kier molecular flexibility index (Phi) is 6.57. The number of aromatic nitrogens is 3. The maximum Gasteiger partial charge on any atom is 0.165 e. The van der Waals surface area contributed by atoms with Gasteiger partial charge in [-0.2, -0.15) is 0 Å². The number of hydrogen-bond donors (Lipinski definition) is 0. The average molecular weight is 604 g/mol. The summed E-state index contributed by atoms with van der Waals surface area (Å²) < 4.78 is 6.50. The first-order valence-corrected chi connectivity index (χ1v) is 15.9. The molecule has 0 saturated heterocycles. The van der Waals surface area contributed by atoms with Crippen molar-refractivity contribution in [1.29, 1.82) is 0 Å². The number of ether oxygens (including phenoxy) is 1. The predicted molar refractivity (Wildman–Crippen MR) is 190 cm³/mol. The van der Waals surface area contributed by atoms with Gasteiger partial charge in [-0.25, -0.2) is 15.0 Å². The van der Waals surface area contributed by atoms with E-state index in [-0.39, 0.29) is 12.0 Å². The summed E-state index contributed by atoms with van der Waals surface area (Å²) in [5.41, 5.74) is 8.51. The predicted octanol–water partition coefficient (Wildman–Crippen LogP) is 10.3. The fourth-order valence-corrected chi connectivity index (χ4v) is 6.85. The summed E-state index contributed by atoms with van der Waals surface area (Å²) in [6, 6.07) is 48.4. The Morgan fingerprint density at radius 3 is 1.77 bits per heavy atom. The van der Waals surface area contributed by atoms with Crippen LogP contribution in [0.25, 0.3) is 67.2 Å². The molecule has 1 aliphatic carbocycles. The van der Waals surface area contributed by atoms with Gasteiger partial charge in [-0.15, -0.1) is 0 Å². The fraction of sp³-hybridized carbons (Fsp3) is 0.0465. The highest BCUT2D eigenvalue weighted by molar-refractivity contribution is 5.97. The third-order valence-electron chi connectivity index (χ3n) is 9.11. The molecule has 0 amide bonds. The van der Waals surface area contributed by atoms with Crippen LogP contribution in [0.15, 0.2) is 164 Å². The largest absolute Gasteiger partial charge is 0.485 e. The smallest absolute Gasteiger partial charge is 0.165 e. The molecule has 0 radical (unpaired) electrons. The summed E-state index contributed by atoms with van der Waals surface area (Å²) in [5, 5.41) is 2.48. The van der Waals surface area contributed by atoms with Gasteiger partial charge in [-0.3, -0.25) is 0 Å². The maximum atomic E-state index is 6.50. The van der Waals surface area contributed by atoms with E-state index in [9.17, 15) is 0 Å². The molecule has 6 aromatic carbocycles. The molecule has 2 atom stereocenters. The number of hydrogen-bond acceptors (Lipinski definition) is 4. The van der Waals surface area contributed by atoms with E-state index in [2.05, 4.69) is 103 Å². The molecular formula is C43H29N3O. The number of rotatable bonds is 5. The van der Waals surface area contributed by atoms with Gasteiger partial charge in [0, 0.05) is 28.2 Å². The Morgan fingerprint density at radius 1 is 0.447 bits per heavy atom. The van der Waals surface area contributed by atoms with Crippen LogP contribution in [-0.2, 0) is 0 Å². The van der Waals surface area contributed by atoms with E-state index in [1.54, 1.807) is 0 Å². The van der Waals surface area contributed by atoms with Crippen molar-refractivity contribution in [3.63, 3.8) is 0 Å². The normalized spacial score (nSPS) is 16.1. The van der Waals surface area contributed by atoms with Crippen LogP contribution in [0.2, 0.25) is 0 Å². The standard InChI is InChI=1S/C43H29N3O/c1-3-13-31(14-4-1)41-44-42(32-15-5-2-6-16-32)46-43(45-41)40-35(26-27-38-39(40)36-19-9-10-21-37(36)47-38)30-24-22-29(23-25-30)34-20-11-17-28-12-7-8-18-33(28)34/h1-27,36-37H. The van der Waals surface area contributed by atoms with Crippen molar-refractivity contribution >= 4 is 10.8 Å². The van der Waals surface area contributed by atoms with Gasteiger partial charge < -0.3 is 4.74 Å². The summed E-state index contributed by atoms with van der Waals surface area (Å²) in [7, 11) is 0. The molecule has 4 nitrogen and oxygen atoms in total. The molecule has 0 fully saturated rings. The lowest BCUT2D eigenvalue weighted by Gasteiger charge is -2.19. The third kappa shape index (κ3) is 4.82. The minimum atomic E-state index is -0.0678. The molecule has 7 aromatic rings. The van der Waals surface area contributed by atoms with Gasteiger partial charge in [0.2, 0.25) is 0 Å². The summed E-state index contributed by atoms with van der Waals surface area (Å²) in [4.78, 5) is 15.3. The Balaban J connectivity index is 1.26. The second kappa shape index (κ2) is 11.3. The molecule has 222 valence electrons. The zero-order chi connectivity index (χ0) is 31.2. The van der Waals surface area contributed by atoms with Crippen LogP contribution in [0.5, 0.6) is 5.75 Å². The van der Waals surface area contributed by atoms with Crippen LogP contribution in [0.1, 0.15) is 11.5 Å². The van der Waals surface area contributed by atoms with E-state index in [4.69, 9.17) is 19.7 Å². The minimum Gasteiger partial charge on any atom is -0.485 e. The summed E-state index contributed by atoms with van der Waals surface area (Å²) in [6.07, 6.45) is 8.45. The Hall–Kier alpha value is -6.13. The van der Waals surface area contributed by atoms with Crippen molar-refractivity contribution in [2.75, 3.05) is 0 Å². The second-order valence-electron chi connectivity index (χ2n) is 11.9. The third-order valence-corrected chi connectivity index (χ3v) is 9.11. The molecule has 0 saturated carbocycles. The first-order valence-electron chi connectivity index (χ1n) is 15.9. The maximum absolute atomic E-state index is 6.50. The molecule has 4 heteroatoms. The van der Waals surface area contributed by atoms with E-state index < -0.39 is 0 Å². The molecule has 1 aromatic heterocycles. The molecule has 2 aliphatic rings. The zero-order valence-corrected chi connectivity index (χ0v) is 25.5. The molecule has 0 bridgehead atoms. The highest BCUT2D eigenvalue weighted by Gasteiger charge is 2.36. The summed E-state index contributed by atoms with van der Waals surface area (Å²) >= 11 is 0. The van der Waals surface area contributed by atoms with E-state index >= 15 is 0 Å². The van der Waals surface area contributed by atoms with Gasteiger partial charge in [0.25, 0.3) is 0 Å². The van der Waals surface area contributed by atoms with Crippen molar-refractivity contribution in [2.24, 2.45) is 0 Å². The van der Waals surface area contributed by atoms with Crippen molar-refractivity contribution in [2.45, 2.75) is 12.0 Å². The Morgan fingerprint density at radius 2 is 1.04 bits per heavy atom. The van der Waals surface area contributed by atoms with Gasteiger partial charge in [-0.1, -0.05) is 146 Å². The lowest BCUT2D eigenvalue weighted by atomic mass is 9.84. The van der Waals surface area contributed by atoms with Crippen LogP contribution in [0.3, 0.4) is 0 Å². The van der Waals surface area contributed by atoms with E-state index in [1.165, 1.54) is 21.9 Å². The molecule has 0 spiro atoms. The van der Waals surface area contributed by atoms with Crippen molar-refractivity contribution < 1.29 is 4.74 Å². The second-order valence-corrected chi connectivity index (χ2v) is 11.9. The number of benzene rings is 6. The fourth-order valence-electron chi connectivity index (χ4n) is 6.85. The monoisotopic (exact) mass is 603 g/mol. The van der Waals surface area contributed by atoms with E-state index in [0.29, 0.717) is 17.5 Å². The molecule has 2 heterocycles. The van der Waals surface area contributed by atoms with Gasteiger partial charge in [0.05, 0.1) is 0 Å². The number of allylic oxidation sites excluding steroid dienone is 2. The van der Waals surface area contributed by atoms with Crippen LogP contribution in [0.4, 0.5) is 0 Å². The van der Waals surface area contributed by atoms with Crippen LogP contribution in [-0.4, -0.2) is 21.1 Å². The quantitative estimate of drug-likeness (QED) is 0.196. The molecule has 2 unspecified atom stereocenters. The topological polar surface area (TPSA) is 47.9 Å². The van der Waals surface area contributed by atoms with Crippen LogP contribution >= 0.6 is 0 Å². The highest BCUT2D eigenvalue weighted by atomic mass is 16.5. The van der Waals surface area contributed by atoms with Crippen molar-refractivity contribution in [1.82, 2.24) is 15.0 Å².